The van der Waals surface area contributed by atoms with Gasteiger partial charge < -0.3 is 24.6 Å². The highest BCUT2D eigenvalue weighted by Gasteiger charge is 2.06. The zero-order chi connectivity index (χ0) is 13.2. The van der Waals surface area contributed by atoms with Crippen LogP contribution in [0.25, 0.3) is 0 Å². The molecular formula is C13H21NO4. The average molecular weight is 255 g/mol. The van der Waals surface area contributed by atoms with E-state index in [1.165, 1.54) is 0 Å². The normalized spacial score (nSPS) is 12.2. The van der Waals surface area contributed by atoms with Crippen molar-refractivity contribution in [2.24, 2.45) is 0 Å². The summed E-state index contributed by atoms with van der Waals surface area (Å²) in [5, 5.41) is 12.2. The summed E-state index contributed by atoms with van der Waals surface area (Å²) in [6, 6.07) is 7.44. The molecule has 0 aliphatic heterocycles. The lowest BCUT2D eigenvalue weighted by molar-refractivity contribution is 0.126. The predicted molar refractivity (Wildman–Crippen MR) is 69.2 cm³/mol. The second kappa shape index (κ2) is 8.74. The maximum absolute atomic E-state index is 9.05. The average Bonchev–Trinajstić information content (AvgIpc) is 2.42. The van der Waals surface area contributed by atoms with Crippen LogP contribution < -0.4 is 14.8 Å². The topological polar surface area (TPSA) is 60.0 Å². The van der Waals surface area contributed by atoms with Gasteiger partial charge in [-0.1, -0.05) is 12.1 Å². The van der Waals surface area contributed by atoms with Crippen molar-refractivity contribution in [3.63, 3.8) is 0 Å². The largest absolute Gasteiger partial charge is 0.493 e. The first kappa shape index (κ1) is 14.8. The van der Waals surface area contributed by atoms with Gasteiger partial charge in [-0.3, -0.25) is 0 Å². The van der Waals surface area contributed by atoms with E-state index in [4.69, 9.17) is 19.3 Å². The molecule has 1 rings (SSSR count). The Bertz CT molecular complexity index is 333. The zero-order valence-electron chi connectivity index (χ0n) is 10.9. The molecule has 1 atom stereocenters. The summed E-state index contributed by atoms with van der Waals surface area (Å²) < 4.78 is 15.7. The second-order valence-electron chi connectivity index (χ2n) is 3.79. The van der Waals surface area contributed by atoms with Crippen LogP contribution in [-0.2, 0) is 4.74 Å². The number of methoxy groups -OCH3 is 2. The lowest BCUT2D eigenvalue weighted by Gasteiger charge is -2.16. The first-order valence-electron chi connectivity index (χ1n) is 5.90. The summed E-state index contributed by atoms with van der Waals surface area (Å²) in [7, 11) is 3.22. The van der Waals surface area contributed by atoms with E-state index in [9.17, 15) is 0 Å². The molecule has 0 heterocycles. The van der Waals surface area contributed by atoms with E-state index < -0.39 is 0 Å². The highest BCUT2D eigenvalue weighted by Crippen LogP contribution is 2.25. The Morgan fingerprint density at radius 2 is 1.94 bits per heavy atom. The first-order chi connectivity index (χ1) is 8.81. The molecule has 0 saturated carbocycles. The van der Waals surface area contributed by atoms with Gasteiger partial charge in [-0.15, -0.1) is 0 Å². The Kier molecular flexibility index (Phi) is 7.17. The Balaban J connectivity index is 2.28. The van der Waals surface area contributed by atoms with Crippen molar-refractivity contribution in [2.45, 2.75) is 6.04 Å². The van der Waals surface area contributed by atoms with Crippen molar-refractivity contribution in [1.82, 2.24) is 5.32 Å². The molecule has 0 spiro atoms. The molecule has 102 valence electrons. The quantitative estimate of drug-likeness (QED) is 0.635. The summed E-state index contributed by atoms with van der Waals surface area (Å²) in [6.07, 6.45) is 0. The number of benzene rings is 1. The molecule has 2 N–H and O–H groups in total. The molecule has 1 aromatic rings. The molecule has 1 aromatic carbocycles. The Labute approximate surface area is 108 Å². The SMILES string of the molecule is COCC(CO)NCCOc1ccccc1OC. The summed E-state index contributed by atoms with van der Waals surface area (Å²) in [5.41, 5.74) is 0. The first-order valence-corrected chi connectivity index (χ1v) is 5.90. The molecule has 1 unspecified atom stereocenters. The fraction of sp³-hybridized carbons (Fsp3) is 0.538. The van der Waals surface area contributed by atoms with Crippen molar-refractivity contribution in [2.75, 3.05) is 40.6 Å². The molecule has 0 saturated heterocycles. The van der Waals surface area contributed by atoms with Gasteiger partial charge in [-0.2, -0.15) is 0 Å². The van der Waals surface area contributed by atoms with Crippen molar-refractivity contribution in [3.8, 4) is 11.5 Å². The number of hydrogen-bond donors (Lipinski definition) is 2. The fourth-order valence-electron chi connectivity index (χ4n) is 1.54. The summed E-state index contributed by atoms with van der Waals surface area (Å²) >= 11 is 0. The Morgan fingerprint density at radius 1 is 1.22 bits per heavy atom. The van der Waals surface area contributed by atoms with E-state index in [2.05, 4.69) is 5.32 Å². The molecule has 0 radical (unpaired) electrons. The summed E-state index contributed by atoms with van der Waals surface area (Å²) in [5.74, 6) is 1.43. The van der Waals surface area contributed by atoms with Gasteiger partial charge in [-0.05, 0) is 12.1 Å². The highest BCUT2D eigenvalue weighted by atomic mass is 16.5. The molecule has 5 heteroatoms. The molecule has 0 aliphatic carbocycles. The Morgan fingerprint density at radius 3 is 2.56 bits per heavy atom. The van der Waals surface area contributed by atoms with E-state index >= 15 is 0 Å². The molecule has 0 amide bonds. The van der Waals surface area contributed by atoms with Crippen LogP contribution in [0.3, 0.4) is 0 Å². The molecule has 5 nitrogen and oxygen atoms in total. The van der Waals surface area contributed by atoms with Gasteiger partial charge in [0.15, 0.2) is 11.5 Å². The van der Waals surface area contributed by atoms with Crippen molar-refractivity contribution >= 4 is 0 Å². The van der Waals surface area contributed by atoms with Gasteiger partial charge in [0.25, 0.3) is 0 Å². The van der Waals surface area contributed by atoms with E-state index in [1.54, 1.807) is 14.2 Å². The monoisotopic (exact) mass is 255 g/mol. The van der Waals surface area contributed by atoms with Crippen LogP contribution in [0.4, 0.5) is 0 Å². The number of aliphatic hydroxyl groups is 1. The van der Waals surface area contributed by atoms with Crippen molar-refractivity contribution < 1.29 is 19.3 Å². The maximum atomic E-state index is 9.05. The minimum atomic E-state index is -0.0590. The lowest BCUT2D eigenvalue weighted by atomic mass is 10.3. The van der Waals surface area contributed by atoms with Gasteiger partial charge in [0, 0.05) is 13.7 Å². The van der Waals surface area contributed by atoms with Gasteiger partial charge in [-0.25, -0.2) is 0 Å². The van der Waals surface area contributed by atoms with Crippen LogP contribution in [0.1, 0.15) is 0 Å². The molecule has 0 aliphatic rings. The fourth-order valence-corrected chi connectivity index (χ4v) is 1.54. The third kappa shape index (κ3) is 4.91. The van der Waals surface area contributed by atoms with Crippen molar-refractivity contribution in [3.05, 3.63) is 24.3 Å². The third-order valence-corrected chi connectivity index (χ3v) is 2.45. The number of ether oxygens (including phenoxy) is 3. The van der Waals surface area contributed by atoms with E-state index in [0.29, 0.717) is 31.3 Å². The lowest BCUT2D eigenvalue weighted by Crippen LogP contribution is -2.38. The van der Waals surface area contributed by atoms with Crippen LogP contribution in [0.15, 0.2) is 24.3 Å². The van der Waals surface area contributed by atoms with Crippen LogP contribution in [0.2, 0.25) is 0 Å². The summed E-state index contributed by atoms with van der Waals surface area (Å²) in [4.78, 5) is 0. The van der Waals surface area contributed by atoms with Crippen LogP contribution in [-0.4, -0.2) is 51.7 Å². The number of nitrogens with one attached hydrogen (secondary N) is 1. The van der Waals surface area contributed by atoms with Gasteiger partial charge in [0.05, 0.1) is 26.4 Å². The standard InChI is InChI=1S/C13H21NO4/c1-16-10-11(9-15)14-7-8-18-13-6-4-3-5-12(13)17-2/h3-6,11,14-15H,7-10H2,1-2H3. The van der Waals surface area contributed by atoms with Gasteiger partial charge >= 0.3 is 0 Å². The van der Waals surface area contributed by atoms with Gasteiger partial charge in [0.2, 0.25) is 0 Å². The number of hydrogen-bond acceptors (Lipinski definition) is 5. The smallest absolute Gasteiger partial charge is 0.161 e. The molecule has 0 fully saturated rings. The Hall–Kier alpha value is -1.30. The molecule has 0 bridgehead atoms. The molecular weight excluding hydrogens is 234 g/mol. The minimum absolute atomic E-state index is 0.0441. The molecule has 18 heavy (non-hydrogen) atoms. The van der Waals surface area contributed by atoms with E-state index in [0.717, 1.165) is 0 Å². The van der Waals surface area contributed by atoms with Crippen molar-refractivity contribution in [1.29, 1.82) is 0 Å². The van der Waals surface area contributed by atoms with Crippen LogP contribution in [0.5, 0.6) is 11.5 Å². The number of aliphatic hydroxyl groups excluding tert-OH is 1. The third-order valence-electron chi connectivity index (χ3n) is 2.45. The highest BCUT2D eigenvalue weighted by molar-refractivity contribution is 5.39. The van der Waals surface area contributed by atoms with Gasteiger partial charge in [0.1, 0.15) is 6.61 Å². The number of rotatable bonds is 9. The maximum Gasteiger partial charge on any atom is 0.161 e. The number of para-hydroxylation sites is 2. The predicted octanol–water partition coefficient (Wildman–Crippen LogP) is 0.671. The van der Waals surface area contributed by atoms with Crippen LogP contribution in [0, 0.1) is 0 Å². The van der Waals surface area contributed by atoms with E-state index in [1.807, 2.05) is 24.3 Å². The van der Waals surface area contributed by atoms with E-state index in [-0.39, 0.29) is 12.6 Å². The molecule has 0 aromatic heterocycles. The zero-order valence-corrected chi connectivity index (χ0v) is 10.9. The second-order valence-corrected chi connectivity index (χ2v) is 3.79. The minimum Gasteiger partial charge on any atom is -0.493 e. The van der Waals surface area contributed by atoms with Crippen LogP contribution >= 0.6 is 0 Å². The summed E-state index contributed by atoms with van der Waals surface area (Å²) in [6.45, 7) is 1.65.